The van der Waals surface area contributed by atoms with Gasteiger partial charge < -0.3 is 4.74 Å². The summed E-state index contributed by atoms with van der Waals surface area (Å²) in [5.74, 6) is 2.48. The zero-order chi connectivity index (χ0) is 9.73. The highest BCUT2D eigenvalue weighted by atomic mass is 16.5. The maximum Gasteiger partial charge on any atom is 0.307 e. The lowest BCUT2D eigenvalue weighted by atomic mass is 9.85. The molecule has 0 N–H and O–H groups in total. The summed E-state index contributed by atoms with van der Waals surface area (Å²) in [6.07, 6.45) is 11.5. The number of allylic oxidation sites excluding steroid dienone is 2. The lowest BCUT2D eigenvalue weighted by molar-refractivity contribution is -0.144. The van der Waals surface area contributed by atoms with Crippen LogP contribution in [-0.2, 0) is 9.53 Å². The molecule has 0 saturated carbocycles. The number of hydrogen-bond acceptors (Lipinski definition) is 2. The van der Waals surface area contributed by atoms with Gasteiger partial charge in [-0.05, 0) is 19.8 Å². The van der Waals surface area contributed by atoms with Crippen molar-refractivity contribution in [3.63, 3.8) is 0 Å². The van der Waals surface area contributed by atoms with Crippen LogP contribution in [0.5, 0.6) is 0 Å². The summed E-state index contributed by atoms with van der Waals surface area (Å²) in [4.78, 5) is 11.2. The van der Waals surface area contributed by atoms with Gasteiger partial charge in [0.05, 0.1) is 18.4 Å². The van der Waals surface area contributed by atoms with Crippen LogP contribution in [-0.4, -0.2) is 12.6 Å². The number of rotatable bonds is 3. The first-order chi connectivity index (χ1) is 6.22. The van der Waals surface area contributed by atoms with Crippen LogP contribution in [0.2, 0.25) is 0 Å². The maximum atomic E-state index is 11.2. The Bertz CT molecular complexity index is 260. The summed E-state index contributed by atoms with van der Waals surface area (Å²) in [6.45, 7) is 2.22. The van der Waals surface area contributed by atoms with Crippen LogP contribution < -0.4 is 0 Å². The molecule has 0 aromatic carbocycles. The SMILES string of the molecule is C#C[C@]1(CC(=O)OCC)C=CCC1. The predicted octanol–water partition coefficient (Wildman–Crippen LogP) is 1.91. The second kappa shape index (κ2) is 4.13. The van der Waals surface area contributed by atoms with Gasteiger partial charge in [0, 0.05) is 0 Å². The van der Waals surface area contributed by atoms with Gasteiger partial charge >= 0.3 is 5.97 Å². The molecule has 2 heteroatoms. The molecule has 0 aromatic rings. The fourth-order valence-corrected chi connectivity index (χ4v) is 1.52. The smallest absolute Gasteiger partial charge is 0.307 e. The molecule has 0 bridgehead atoms. The van der Waals surface area contributed by atoms with Crippen molar-refractivity contribution in [3.05, 3.63) is 12.2 Å². The molecule has 1 atom stereocenters. The van der Waals surface area contributed by atoms with Gasteiger partial charge in [-0.3, -0.25) is 4.79 Å². The van der Waals surface area contributed by atoms with Crippen LogP contribution in [0.1, 0.15) is 26.2 Å². The Morgan fingerprint density at radius 3 is 3.00 bits per heavy atom. The Balaban J connectivity index is 2.55. The van der Waals surface area contributed by atoms with Crippen molar-refractivity contribution in [2.75, 3.05) is 6.61 Å². The monoisotopic (exact) mass is 178 g/mol. The second-order valence-electron chi connectivity index (χ2n) is 3.22. The summed E-state index contributed by atoms with van der Waals surface area (Å²) >= 11 is 0. The molecule has 0 aromatic heterocycles. The average Bonchev–Trinajstić information content (AvgIpc) is 2.54. The molecule has 70 valence electrons. The zero-order valence-electron chi connectivity index (χ0n) is 7.88. The minimum absolute atomic E-state index is 0.202. The van der Waals surface area contributed by atoms with Crippen molar-refractivity contribution in [2.45, 2.75) is 26.2 Å². The van der Waals surface area contributed by atoms with Crippen molar-refractivity contribution < 1.29 is 9.53 Å². The topological polar surface area (TPSA) is 26.3 Å². The lowest BCUT2D eigenvalue weighted by Gasteiger charge is -2.18. The molecule has 1 aliphatic rings. The first-order valence-electron chi connectivity index (χ1n) is 4.53. The molecule has 1 aliphatic carbocycles. The quantitative estimate of drug-likeness (QED) is 0.375. The first-order valence-corrected chi connectivity index (χ1v) is 4.53. The number of hydrogen-bond donors (Lipinski definition) is 0. The summed E-state index contributed by atoms with van der Waals surface area (Å²) in [6, 6.07) is 0. The van der Waals surface area contributed by atoms with Gasteiger partial charge in [0.25, 0.3) is 0 Å². The number of esters is 1. The van der Waals surface area contributed by atoms with E-state index in [1.165, 1.54) is 0 Å². The summed E-state index contributed by atoms with van der Waals surface area (Å²) in [5, 5.41) is 0. The van der Waals surface area contributed by atoms with E-state index in [4.69, 9.17) is 11.2 Å². The number of ether oxygens (including phenoxy) is 1. The normalized spacial score (nSPS) is 25.5. The van der Waals surface area contributed by atoms with E-state index in [0.29, 0.717) is 13.0 Å². The highest BCUT2D eigenvalue weighted by Gasteiger charge is 2.30. The number of carbonyl (C=O) groups excluding carboxylic acids is 1. The zero-order valence-corrected chi connectivity index (χ0v) is 7.88. The van der Waals surface area contributed by atoms with E-state index in [1.54, 1.807) is 6.92 Å². The molecule has 0 amide bonds. The summed E-state index contributed by atoms with van der Waals surface area (Å²) in [7, 11) is 0. The highest BCUT2D eigenvalue weighted by Crippen LogP contribution is 2.34. The van der Waals surface area contributed by atoms with E-state index >= 15 is 0 Å². The van der Waals surface area contributed by atoms with Crippen molar-refractivity contribution >= 4 is 5.97 Å². The third kappa shape index (κ3) is 2.35. The van der Waals surface area contributed by atoms with E-state index in [2.05, 4.69) is 5.92 Å². The third-order valence-electron chi connectivity index (χ3n) is 2.25. The molecule has 0 radical (unpaired) electrons. The van der Waals surface area contributed by atoms with Gasteiger partial charge in [-0.25, -0.2) is 0 Å². The Hall–Kier alpha value is -1.23. The maximum absolute atomic E-state index is 11.2. The Labute approximate surface area is 79.0 Å². The third-order valence-corrected chi connectivity index (χ3v) is 2.25. The standard InChI is InChI=1S/C11H14O2/c1-3-11(7-5-6-8-11)9-10(12)13-4-2/h1,5,7H,4,6,8-9H2,2H3/t11-/m0/s1. The van der Waals surface area contributed by atoms with Crippen LogP contribution >= 0.6 is 0 Å². The number of carbonyl (C=O) groups is 1. The van der Waals surface area contributed by atoms with E-state index in [0.717, 1.165) is 12.8 Å². The fraction of sp³-hybridized carbons (Fsp3) is 0.545. The molecular formula is C11H14O2. The minimum Gasteiger partial charge on any atom is -0.466 e. The molecule has 0 heterocycles. The van der Waals surface area contributed by atoms with E-state index in [1.807, 2.05) is 12.2 Å². The van der Waals surface area contributed by atoms with E-state index in [-0.39, 0.29) is 11.4 Å². The van der Waals surface area contributed by atoms with Crippen LogP contribution in [0.4, 0.5) is 0 Å². The Kier molecular flexibility index (Phi) is 3.13. The van der Waals surface area contributed by atoms with Crippen molar-refractivity contribution in [1.29, 1.82) is 0 Å². The molecule has 2 nitrogen and oxygen atoms in total. The second-order valence-corrected chi connectivity index (χ2v) is 3.22. The van der Waals surface area contributed by atoms with Gasteiger partial charge in [-0.15, -0.1) is 6.42 Å². The highest BCUT2D eigenvalue weighted by molar-refractivity contribution is 5.71. The van der Waals surface area contributed by atoms with Crippen LogP contribution in [0, 0.1) is 17.8 Å². The van der Waals surface area contributed by atoms with Crippen molar-refractivity contribution in [3.8, 4) is 12.3 Å². The molecule has 0 unspecified atom stereocenters. The average molecular weight is 178 g/mol. The summed E-state index contributed by atoms with van der Waals surface area (Å²) in [5.41, 5.74) is -0.369. The minimum atomic E-state index is -0.369. The molecule has 0 saturated heterocycles. The van der Waals surface area contributed by atoms with E-state index in [9.17, 15) is 4.79 Å². The van der Waals surface area contributed by atoms with E-state index < -0.39 is 0 Å². The van der Waals surface area contributed by atoms with Crippen molar-refractivity contribution in [1.82, 2.24) is 0 Å². The summed E-state index contributed by atoms with van der Waals surface area (Å²) < 4.78 is 4.86. The van der Waals surface area contributed by atoms with Gasteiger partial charge in [-0.2, -0.15) is 0 Å². The van der Waals surface area contributed by atoms with Crippen LogP contribution in [0.3, 0.4) is 0 Å². The molecule has 0 aliphatic heterocycles. The van der Waals surface area contributed by atoms with Gasteiger partial charge in [0.15, 0.2) is 0 Å². The van der Waals surface area contributed by atoms with Crippen LogP contribution in [0.15, 0.2) is 12.2 Å². The first kappa shape index (κ1) is 9.85. The predicted molar refractivity (Wildman–Crippen MR) is 50.9 cm³/mol. The molecule has 1 rings (SSSR count). The molecule has 0 fully saturated rings. The molecule has 13 heavy (non-hydrogen) atoms. The molecule has 0 spiro atoms. The van der Waals surface area contributed by atoms with Gasteiger partial charge in [0.1, 0.15) is 0 Å². The fourth-order valence-electron chi connectivity index (χ4n) is 1.52. The van der Waals surface area contributed by atoms with Gasteiger partial charge in [-0.1, -0.05) is 18.1 Å². The Morgan fingerprint density at radius 1 is 1.77 bits per heavy atom. The van der Waals surface area contributed by atoms with Crippen LogP contribution in [0.25, 0.3) is 0 Å². The largest absolute Gasteiger partial charge is 0.466 e. The lowest BCUT2D eigenvalue weighted by Crippen LogP contribution is -2.19. The Morgan fingerprint density at radius 2 is 2.54 bits per heavy atom. The molecular weight excluding hydrogens is 164 g/mol. The number of terminal acetylenes is 1. The van der Waals surface area contributed by atoms with Crippen molar-refractivity contribution in [2.24, 2.45) is 5.41 Å². The van der Waals surface area contributed by atoms with Gasteiger partial charge in [0.2, 0.25) is 0 Å².